The number of methoxy groups -OCH3 is 1. The molecule has 5 rings (SSSR count). The Bertz CT molecular complexity index is 2130. The summed E-state index contributed by atoms with van der Waals surface area (Å²) in [7, 11) is 1.46. The van der Waals surface area contributed by atoms with Crippen LogP contribution in [0.25, 0.3) is 6.08 Å². The molecule has 10 nitrogen and oxygen atoms in total. The first-order valence-electron chi connectivity index (χ1n) is 16.6. The summed E-state index contributed by atoms with van der Waals surface area (Å²) in [5.41, 5.74) is 3.37. The van der Waals surface area contributed by atoms with Crippen molar-refractivity contribution in [3.63, 3.8) is 0 Å². The summed E-state index contributed by atoms with van der Waals surface area (Å²) in [4.78, 5) is 58.0. The zero-order valence-electron chi connectivity index (χ0n) is 29.4. The molecule has 3 amide bonds. The number of carboxylic acids is 1. The largest absolute Gasteiger partial charge is 0.493 e. The molecule has 1 heterocycles. The predicted octanol–water partition coefficient (Wildman–Crippen LogP) is 8.13. The van der Waals surface area contributed by atoms with Crippen LogP contribution < -0.4 is 14.8 Å². The number of aliphatic imine (C=N–C) groups is 1. The number of ether oxygens (including phenoxy) is 2. The highest BCUT2D eigenvalue weighted by molar-refractivity contribution is 9.10. The lowest BCUT2D eigenvalue weighted by Crippen LogP contribution is -2.42. The zero-order chi connectivity index (χ0) is 38.6. The molecule has 0 unspecified atom stereocenters. The van der Waals surface area contributed by atoms with Gasteiger partial charge in [0.1, 0.15) is 12.2 Å². The Hall–Kier alpha value is -5.98. The molecule has 2 N–H and O–H groups in total. The molecule has 0 saturated carbocycles. The standard InChI is InChI=1S/C42H36BrN3O7S/c1-4-6-17-32(5-2)46-40(49)33(22-31-23-35(52-3)36(24-34(31)43)53-25-27-18-20-30(21-19-27)41(50)51)39(48)45-42(46)54-26-37(47)44-38(28-13-9-7-10-14-28)29-15-11-8-12-16-29/h4-24,38H,1,25-26H2,2-3H3,(H,44,47)(H,50,51)/b17-6-,32-5+,33-22+. The highest BCUT2D eigenvalue weighted by Crippen LogP contribution is 2.36. The van der Waals surface area contributed by atoms with Crippen molar-refractivity contribution in [2.24, 2.45) is 4.99 Å². The fourth-order valence-electron chi connectivity index (χ4n) is 5.39. The third kappa shape index (κ3) is 9.71. The summed E-state index contributed by atoms with van der Waals surface area (Å²) in [5, 5.41) is 12.3. The van der Waals surface area contributed by atoms with E-state index in [1.165, 1.54) is 30.2 Å². The minimum Gasteiger partial charge on any atom is -0.493 e. The van der Waals surface area contributed by atoms with Crippen molar-refractivity contribution in [2.45, 2.75) is 19.6 Å². The van der Waals surface area contributed by atoms with Crippen LogP contribution in [-0.4, -0.2) is 51.7 Å². The highest BCUT2D eigenvalue weighted by Gasteiger charge is 2.35. The molecule has 1 aliphatic rings. The second-order valence-electron chi connectivity index (χ2n) is 11.6. The van der Waals surface area contributed by atoms with Gasteiger partial charge in [-0.05, 0) is 65.6 Å². The van der Waals surface area contributed by atoms with Crippen LogP contribution in [0.1, 0.15) is 45.6 Å². The van der Waals surface area contributed by atoms with Gasteiger partial charge < -0.3 is 19.9 Å². The average molecular weight is 807 g/mol. The minimum absolute atomic E-state index is 0.0480. The van der Waals surface area contributed by atoms with Crippen molar-refractivity contribution < 1.29 is 33.8 Å². The Labute approximate surface area is 325 Å². The summed E-state index contributed by atoms with van der Waals surface area (Å²) in [6.07, 6.45) is 7.99. The summed E-state index contributed by atoms with van der Waals surface area (Å²) >= 11 is 4.50. The van der Waals surface area contributed by atoms with Crippen molar-refractivity contribution in [2.75, 3.05) is 12.9 Å². The molecule has 0 aromatic heterocycles. The Balaban J connectivity index is 1.40. The first-order valence-corrected chi connectivity index (χ1v) is 18.4. The molecule has 4 aromatic rings. The van der Waals surface area contributed by atoms with Crippen LogP contribution in [0.4, 0.5) is 0 Å². The van der Waals surface area contributed by atoms with Crippen molar-refractivity contribution in [3.8, 4) is 11.5 Å². The van der Waals surface area contributed by atoms with Crippen LogP contribution in [0.15, 0.2) is 149 Å². The van der Waals surface area contributed by atoms with Gasteiger partial charge in [-0.15, -0.1) is 0 Å². The smallest absolute Gasteiger partial charge is 0.335 e. The van der Waals surface area contributed by atoms with Gasteiger partial charge in [-0.1, -0.05) is 125 Å². The molecule has 274 valence electrons. The van der Waals surface area contributed by atoms with E-state index in [9.17, 15) is 19.2 Å². The summed E-state index contributed by atoms with van der Waals surface area (Å²) in [6, 6.07) is 28.3. The summed E-state index contributed by atoms with van der Waals surface area (Å²) in [5.74, 6) is -2.17. The van der Waals surface area contributed by atoms with Crippen LogP contribution in [-0.2, 0) is 21.0 Å². The molecular formula is C42H36BrN3O7S. The maximum atomic E-state index is 14.2. The van der Waals surface area contributed by atoms with Gasteiger partial charge in [0.2, 0.25) is 5.91 Å². The molecule has 0 aliphatic carbocycles. The highest BCUT2D eigenvalue weighted by atomic mass is 79.9. The van der Waals surface area contributed by atoms with Crippen molar-refractivity contribution in [3.05, 3.63) is 172 Å². The van der Waals surface area contributed by atoms with Gasteiger partial charge in [0.25, 0.3) is 11.8 Å². The fraction of sp³-hybridized carbons (Fsp3) is 0.119. The lowest BCUT2D eigenvalue weighted by atomic mass is 9.99. The van der Waals surface area contributed by atoms with Gasteiger partial charge in [-0.2, -0.15) is 4.99 Å². The Morgan fingerprint density at radius 2 is 1.63 bits per heavy atom. The molecule has 0 fully saturated rings. The van der Waals surface area contributed by atoms with Crippen LogP contribution >= 0.6 is 27.7 Å². The second kappa shape index (κ2) is 18.7. The van der Waals surface area contributed by atoms with Crippen molar-refractivity contribution in [1.82, 2.24) is 10.2 Å². The van der Waals surface area contributed by atoms with E-state index in [-0.39, 0.29) is 34.6 Å². The van der Waals surface area contributed by atoms with E-state index < -0.39 is 23.8 Å². The molecule has 4 aromatic carbocycles. The molecule has 0 radical (unpaired) electrons. The van der Waals surface area contributed by atoms with Gasteiger partial charge in [-0.25, -0.2) is 4.79 Å². The maximum absolute atomic E-state index is 14.2. The number of nitrogens with one attached hydrogen (secondary N) is 1. The van der Waals surface area contributed by atoms with Crippen LogP contribution in [0.3, 0.4) is 0 Å². The maximum Gasteiger partial charge on any atom is 0.335 e. The number of nitrogens with zero attached hydrogens (tertiary/aromatic N) is 2. The fourth-order valence-corrected chi connectivity index (χ4v) is 6.63. The quantitative estimate of drug-likeness (QED) is 0.0742. The van der Waals surface area contributed by atoms with Crippen LogP contribution in [0.5, 0.6) is 11.5 Å². The van der Waals surface area contributed by atoms with Gasteiger partial charge in [0.05, 0.1) is 24.5 Å². The normalized spacial score (nSPS) is 14.0. The number of halogens is 1. The molecule has 0 atom stereocenters. The number of rotatable bonds is 14. The minimum atomic E-state index is -1.02. The van der Waals surface area contributed by atoms with Crippen LogP contribution in [0.2, 0.25) is 0 Å². The third-order valence-electron chi connectivity index (χ3n) is 8.09. The Morgan fingerprint density at radius 3 is 2.20 bits per heavy atom. The lowest BCUT2D eigenvalue weighted by molar-refractivity contribution is -0.126. The van der Waals surface area contributed by atoms with Gasteiger partial charge in [0, 0.05) is 10.2 Å². The topological polar surface area (TPSA) is 135 Å². The molecule has 1 aliphatic heterocycles. The monoisotopic (exact) mass is 805 g/mol. The molecule has 0 bridgehead atoms. The number of amides is 3. The predicted molar refractivity (Wildman–Crippen MR) is 214 cm³/mol. The number of aromatic carboxylic acids is 1. The number of amidine groups is 1. The van der Waals surface area contributed by atoms with E-state index in [4.69, 9.17) is 14.6 Å². The Kier molecular flexibility index (Phi) is 13.6. The Morgan fingerprint density at radius 1 is 0.981 bits per heavy atom. The van der Waals surface area contributed by atoms with E-state index in [1.807, 2.05) is 60.7 Å². The number of allylic oxidation sites excluding steroid dienone is 4. The van der Waals surface area contributed by atoms with Crippen molar-refractivity contribution >= 4 is 62.6 Å². The van der Waals surface area contributed by atoms with Crippen molar-refractivity contribution in [1.29, 1.82) is 0 Å². The molecule has 12 heteroatoms. The summed E-state index contributed by atoms with van der Waals surface area (Å²) < 4.78 is 12.0. The number of carbonyl (C=O) groups excluding carboxylic acids is 3. The SMILES string of the molecule is C=C/C=C\C(=C/C)N1C(=O)/C(=C/c2cc(OC)c(OCc3ccc(C(=O)O)cc3)cc2Br)C(=O)N=C1SCC(=O)NC(c1ccccc1)c1ccccc1. The molecule has 54 heavy (non-hydrogen) atoms. The first kappa shape index (κ1) is 39.2. The van der Waals surface area contributed by atoms with E-state index in [2.05, 4.69) is 32.8 Å². The summed E-state index contributed by atoms with van der Waals surface area (Å²) in [6.45, 7) is 5.60. The second-order valence-corrected chi connectivity index (χ2v) is 13.4. The number of carbonyl (C=O) groups is 4. The molecular weight excluding hydrogens is 770 g/mol. The number of hydrogen-bond donors (Lipinski definition) is 2. The lowest BCUT2D eigenvalue weighted by Gasteiger charge is -2.28. The van der Waals surface area contributed by atoms with E-state index >= 15 is 0 Å². The first-order chi connectivity index (χ1) is 26.1. The van der Waals surface area contributed by atoms with Gasteiger partial charge >= 0.3 is 5.97 Å². The van der Waals surface area contributed by atoms with E-state index in [0.717, 1.165) is 28.5 Å². The average Bonchev–Trinajstić information content (AvgIpc) is 3.19. The van der Waals surface area contributed by atoms with Gasteiger partial charge in [-0.3, -0.25) is 19.3 Å². The van der Waals surface area contributed by atoms with Gasteiger partial charge in [0.15, 0.2) is 16.7 Å². The van der Waals surface area contributed by atoms with Crippen LogP contribution in [0, 0.1) is 0 Å². The third-order valence-corrected chi connectivity index (χ3v) is 9.72. The number of carboxylic acid groups (broad SMARTS) is 1. The molecule has 0 spiro atoms. The zero-order valence-corrected chi connectivity index (χ0v) is 31.8. The van der Waals surface area contributed by atoms with E-state index in [1.54, 1.807) is 55.5 Å². The number of thioether (sulfide) groups is 1. The molecule has 0 saturated heterocycles. The number of hydrogen-bond acceptors (Lipinski definition) is 7. The van der Waals surface area contributed by atoms with E-state index in [0.29, 0.717) is 27.2 Å². The number of benzene rings is 4.